The minimum atomic E-state index is 0. The van der Waals surface area contributed by atoms with Crippen molar-refractivity contribution in [2.24, 2.45) is 11.8 Å². The van der Waals surface area contributed by atoms with Crippen LogP contribution in [-0.2, 0) is 0 Å². The molecular weight excluding hydrogens is 123 g/mol. The van der Waals surface area contributed by atoms with E-state index in [1.165, 1.54) is 0 Å². The molecule has 1 heteroatoms. The summed E-state index contributed by atoms with van der Waals surface area (Å²) in [4.78, 5) is 0. The van der Waals surface area contributed by atoms with E-state index in [1.807, 2.05) is 0 Å². The van der Waals surface area contributed by atoms with Crippen molar-refractivity contribution >= 4 is 17.4 Å². The van der Waals surface area contributed by atoms with Gasteiger partial charge in [0.05, 0.1) is 0 Å². The van der Waals surface area contributed by atoms with Crippen molar-refractivity contribution in [1.29, 1.82) is 0 Å². The minimum Gasteiger partial charge on any atom is -0.341 e. The largest absolute Gasteiger partial charge is 0.341 e. The Morgan fingerprint density at radius 2 is 0.778 bits per heavy atom. The fourth-order valence-electron chi connectivity index (χ4n) is 0. The van der Waals surface area contributed by atoms with Crippen LogP contribution in [-0.4, -0.2) is 17.4 Å². The summed E-state index contributed by atoms with van der Waals surface area (Å²) in [6.07, 6.45) is 0. The Balaban J connectivity index is -0.0000000720. The van der Waals surface area contributed by atoms with E-state index in [0.717, 1.165) is 0 Å². The van der Waals surface area contributed by atoms with Crippen LogP contribution in [0.25, 0.3) is 0 Å². The van der Waals surface area contributed by atoms with Crippen LogP contribution in [0.2, 0.25) is 0 Å². The van der Waals surface area contributed by atoms with Gasteiger partial charge in [0, 0.05) is 0 Å². The van der Waals surface area contributed by atoms with E-state index in [9.17, 15) is 0 Å². The third-order valence-electron chi connectivity index (χ3n) is 0. The molecule has 0 amide bonds. The first-order valence-electron chi connectivity index (χ1n) is 3.13. The van der Waals surface area contributed by atoms with Crippen LogP contribution >= 0.6 is 0 Å². The first-order valence-corrected chi connectivity index (χ1v) is 3.13. The van der Waals surface area contributed by atoms with Gasteiger partial charge in [-0.05, 0) is 0 Å². The molecule has 0 radical (unpaired) electrons. The molecule has 0 heterocycles. The molecule has 0 aromatic rings. The van der Waals surface area contributed by atoms with Crippen molar-refractivity contribution in [1.82, 2.24) is 0 Å². The zero-order chi connectivity index (χ0) is 7.15. The summed E-state index contributed by atoms with van der Waals surface area (Å²) in [6.45, 7) is 15.5. The van der Waals surface area contributed by atoms with Gasteiger partial charge in [-0.25, -0.2) is 0 Å². The first-order chi connectivity index (χ1) is 3.46. The Morgan fingerprint density at radius 1 is 0.778 bits per heavy atom. The van der Waals surface area contributed by atoms with E-state index in [1.54, 1.807) is 0 Å². The quantitative estimate of drug-likeness (QED) is 0.359. The van der Waals surface area contributed by atoms with Crippen LogP contribution in [0.3, 0.4) is 0 Å². The molecule has 0 saturated heterocycles. The van der Waals surface area contributed by atoms with Gasteiger partial charge in [0.15, 0.2) is 0 Å². The topological polar surface area (TPSA) is 0 Å². The van der Waals surface area contributed by atoms with E-state index in [2.05, 4.69) is 41.5 Å². The molecular formula is C8H19Al. The normalized spacial score (nSPS) is 8.00. The molecule has 0 aromatic heterocycles. The van der Waals surface area contributed by atoms with Crippen molar-refractivity contribution in [2.75, 3.05) is 0 Å². The summed E-state index contributed by atoms with van der Waals surface area (Å²) in [6, 6.07) is 0. The fourth-order valence-corrected chi connectivity index (χ4v) is 0. The Labute approximate surface area is 71.2 Å². The second kappa shape index (κ2) is 11.3. The predicted octanol–water partition coefficient (Wildman–Crippen LogP) is 2.30. The van der Waals surface area contributed by atoms with Gasteiger partial charge < -0.3 is 13.8 Å². The molecule has 0 nitrogen and oxygen atoms in total. The maximum atomic E-state index is 3.64. The predicted molar refractivity (Wildman–Crippen MR) is 47.5 cm³/mol. The molecule has 0 N–H and O–H groups in total. The summed E-state index contributed by atoms with van der Waals surface area (Å²) < 4.78 is 0. The standard InChI is InChI=1S/2C4H9.Al.H/c2*1-4(2)3;;/h2*4H,1H2,2-3H3;;/q2*-1;+2;. The summed E-state index contributed by atoms with van der Waals surface area (Å²) in [5, 5.41) is 0. The van der Waals surface area contributed by atoms with Crippen molar-refractivity contribution in [3.63, 3.8) is 0 Å². The molecule has 0 unspecified atom stereocenters. The molecule has 0 aliphatic rings. The first kappa shape index (κ1) is 16.3. The van der Waals surface area contributed by atoms with E-state index >= 15 is 0 Å². The average molecular weight is 142 g/mol. The number of hydrogen-bond acceptors (Lipinski definition) is 0. The van der Waals surface area contributed by atoms with Gasteiger partial charge in [-0.2, -0.15) is 11.8 Å². The molecule has 0 bridgehead atoms. The summed E-state index contributed by atoms with van der Waals surface area (Å²) in [7, 11) is 0. The van der Waals surface area contributed by atoms with Crippen LogP contribution in [0.15, 0.2) is 0 Å². The van der Waals surface area contributed by atoms with Gasteiger partial charge >= 0.3 is 17.4 Å². The van der Waals surface area contributed by atoms with Gasteiger partial charge in [0.1, 0.15) is 0 Å². The van der Waals surface area contributed by atoms with Crippen LogP contribution in [0.5, 0.6) is 0 Å². The van der Waals surface area contributed by atoms with Gasteiger partial charge in [-0.15, -0.1) is 0 Å². The molecule has 0 fully saturated rings. The number of hydrogen-bond donors (Lipinski definition) is 0. The van der Waals surface area contributed by atoms with Crippen molar-refractivity contribution in [3.8, 4) is 0 Å². The molecule has 0 aromatic carbocycles. The van der Waals surface area contributed by atoms with Gasteiger partial charge in [-0.1, -0.05) is 27.7 Å². The Hall–Kier alpha value is 0.532. The van der Waals surface area contributed by atoms with E-state index in [4.69, 9.17) is 0 Å². The Morgan fingerprint density at radius 3 is 0.778 bits per heavy atom. The monoisotopic (exact) mass is 142 g/mol. The van der Waals surface area contributed by atoms with Crippen molar-refractivity contribution in [2.45, 2.75) is 27.7 Å². The maximum absolute atomic E-state index is 3.64. The van der Waals surface area contributed by atoms with E-state index < -0.39 is 0 Å². The zero-order valence-corrected chi connectivity index (χ0v) is 8.69. The van der Waals surface area contributed by atoms with Crippen LogP contribution in [0.4, 0.5) is 0 Å². The van der Waals surface area contributed by atoms with E-state index in [-0.39, 0.29) is 17.4 Å². The molecule has 9 heavy (non-hydrogen) atoms. The van der Waals surface area contributed by atoms with Crippen molar-refractivity contribution < 1.29 is 0 Å². The summed E-state index contributed by atoms with van der Waals surface area (Å²) in [5.74, 6) is 1.17. The third kappa shape index (κ3) is 1280. The van der Waals surface area contributed by atoms with Gasteiger partial charge in [-0.3, -0.25) is 0 Å². The van der Waals surface area contributed by atoms with Crippen LogP contribution < -0.4 is 0 Å². The third-order valence-corrected chi connectivity index (χ3v) is 0. The smallest absolute Gasteiger partial charge is 0.0903 e. The molecule has 0 spiro atoms. The fraction of sp³-hybridized carbons (Fsp3) is 0.750. The van der Waals surface area contributed by atoms with Crippen LogP contribution in [0.1, 0.15) is 27.7 Å². The Kier molecular flexibility index (Phi) is 20.5. The molecule has 54 valence electrons. The summed E-state index contributed by atoms with van der Waals surface area (Å²) >= 11 is 0. The second-order valence-corrected chi connectivity index (χ2v) is 2.79. The maximum Gasteiger partial charge on any atom is -0.0903 e. The SMILES string of the molecule is [AlH+2].[CH2-]C(C)C.[CH2-]C(C)C. The summed E-state index contributed by atoms with van der Waals surface area (Å²) in [5.41, 5.74) is 0. The van der Waals surface area contributed by atoms with E-state index in [0.29, 0.717) is 11.8 Å². The molecule has 0 atom stereocenters. The van der Waals surface area contributed by atoms with Gasteiger partial charge in [0.25, 0.3) is 0 Å². The van der Waals surface area contributed by atoms with Crippen molar-refractivity contribution in [3.05, 3.63) is 13.8 Å². The number of rotatable bonds is 0. The molecule has 0 aliphatic carbocycles. The second-order valence-electron chi connectivity index (χ2n) is 2.79. The minimum absolute atomic E-state index is 0. The average Bonchev–Trinajstić information content (AvgIpc) is 1.25. The molecule has 0 rings (SSSR count). The zero-order valence-electron chi connectivity index (χ0n) is 7.28. The van der Waals surface area contributed by atoms with Gasteiger partial charge in [0.2, 0.25) is 0 Å². The Bertz CT molecular complexity index is 20.0. The molecule has 0 aliphatic heterocycles. The van der Waals surface area contributed by atoms with Crippen LogP contribution in [0, 0.1) is 25.7 Å². The molecule has 0 saturated carbocycles.